The average Bonchev–Trinajstić information content (AvgIpc) is 2.39. The van der Waals surface area contributed by atoms with E-state index in [9.17, 15) is 4.79 Å². The first-order chi connectivity index (χ1) is 9.54. The van der Waals surface area contributed by atoms with E-state index in [0.717, 1.165) is 36.0 Å². The lowest BCUT2D eigenvalue weighted by molar-refractivity contribution is -0.123. The minimum absolute atomic E-state index is 0. The molecule has 0 aromatic heterocycles. The van der Waals surface area contributed by atoms with Crippen LogP contribution in [0.1, 0.15) is 31.4 Å². The number of halogens is 2. The summed E-state index contributed by atoms with van der Waals surface area (Å²) in [7, 11) is 0. The van der Waals surface area contributed by atoms with Gasteiger partial charge in [0.05, 0.1) is 12.6 Å². The van der Waals surface area contributed by atoms with Crippen molar-refractivity contribution in [2.75, 3.05) is 19.6 Å². The molecule has 0 radical (unpaired) electrons. The first-order valence-corrected chi connectivity index (χ1v) is 7.86. The fourth-order valence-electron chi connectivity index (χ4n) is 2.56. The van der Waals surface area contributed by atoms with Gasteiger partial charge in [-0.25, -0.2) is 0 Å². The Kier molecular flexibility index (Phi) is 7.66. The Labute approximate surface area is 141 Å². The van der Waals surface area contributed by atoms with Gasteiger partial charge < -0.3 is 11.1 Å². The number of hydrogen-bond acceptors (Lipinski definition) is 3. The molecule has 1 heterocycles. The van der Waals surface area contributed by atoms with E-state index < -0.39 is 0 Å². The van der Waals surface area contributed by atoms with Gasteiger partial charge in [0, 0.05) is 17.1 Å². The van der Waals surface area contributed by atoms with Crippen molar-refractivity contribution in [1.29, 1.82) is 0 Å². The maximum atomic E-state index is 12.1. The van der Waals surface area contributed by atoms with E-state index in [1.807, 2.05) is 31.2 Å². The molecule has 2 atom stereocenters. The van der Waals surface area contributed by atoms with E-state index >= 15 is 0 Å². The highest BCUT2D eigenvalue weighted by atomic mass is 79.9. The molecule has 118 valence electrons. The number of carbonyl (C=O) groups is 1. The predicted molar refractivity (Wildman–Crippen MR) is 91.6 cm³/mol. The maximum absolute atomic E-state index is 12.1. The highest BCUT2D eigenvalue weighted by Gasteiger charge is 2.19. The van der Waals surface area contributed by atoms with Gasteiger partial charge in [-0.3, -0.25) is 9.69 Å². The first kappa shape index (κ1) is 18.4. The van der Waals surface area contributed by atoms with Crippen LogP contribution in [0.3, 0.4) is 0 Å². The van der Waals surface area contributed by atoms with Crippen molar-refractivity contribution in [3.63, 3.8) is 0 Å². The topological polar surface area (TPSA) is 58.4 Å². The highest BCUT2D eigenvalue weighted by molar-refractivity contribution is 9.10. The number of nitrogens with one attached hydrogen (secondary N) is 1. The van der Waals surface area contributed by atoms with Crippen molar-refractivity contribution in [3.05, 3.63) is 34.3 Å². The smallest absolute Gasteiger partial charge is 0.234 e. The van der Waals surface area contributed by atoms with Gasteiger partial charge in [0.15, 0.2) is 0 Å². The molecule has 3 N–H and O–H groups in total. The summed E-state index contributed by atoms with van der Waals surface area (Å²) in [5.74, 6) is 0.0644. The Hall–Kier alpha value is -0.620. The fourth-order valence-corrected chi connectivity index (χ4v) is 2.82. The minimum atomic E-state index is 0. The molecule has 1 amide bonds. The number of benzene rings is 1. The molecule has 1 aliphatic rings. The van der Waals surface area contributed by atoms with Gasteiger partial charge in [0.25, 0.3) is 0 Å². The van der Waals surface area contributed by atoms with Crippen LogP contribution in [0.5, 0.6) is 0 Å². The van der Waals surface area contributed by atoms with E-state index in [1.54, 1.807) is 0 Å². The summed E-state index contributed by atoms with van der Waals surface area (Å²) >= 11 is 3.41. The molecule has 0 spiro atoms. The second-order valence-corrected chi connectivity index (χ2v) is 6.39. The molecule has 1 unspecified atom stereocenters. The highest BCUT2D eigenvalue weighted by Crippen LogP contribution is 2.16. The minimum Gasteiger partial charge on any atom is -0.348 e. The van der Waals surface area contributed by atoms with Gasteiger partial charge in [0.2, 0.25) is 5.91 Å². The van der Waals surface area contributed by atoms with Crippen LogP contribution in [-0.2, 0) is 4.79 Å². The van der Waals surface area contributed by atoms with Gasteiger partial charge in [-0.15, -0.1) is 12.4 Å². The molecule has 0 aliphatic carbocycles. The van der Waals surface area contributed by atoms with E-state index in [2.05, 4.69) is 26.1 Å². The average molecular weight is 377 g/mol. The molecule has 1 saturated heterocycles. The van der Waals surface area contributed by atoms with Gasteiger partial charge in [-0.1, -0.05) is 28.1 Å². The Morgan fingerprint density at radius 1 is 1.48 bits per heavy atom. The van der Waals surface area contributed by atoms with Crippen LogP contribution >= 0.6 is 28.3 Å². The van der Waals surface area contributed by atoms with Crippen molar-refractivity contribution >= 4 is 34.2 Å². The summed E-state index contributed by atoms with van der Waals surface area (Å²) < 4.78 is 1.04. The van der Waals surface area contributed by atoms with Gasteiger partial charge in [0.1, 0.15) is 0 Å². The number of piperidine rings is 1. The van der Waals surface area contributed by atoms with E-state index in [0.29, 0.717) is 6.54 Å². The van der Waals surface area contributed by atoms with E-state index in [1.165, 1.54) is 0 Å². The van der Waals surface area contributed by atoms with Crippen LogP contribution in [-0.4, -0.2) is 36.5 Å². The van der Waals surface area contributed by atoms with Crippen LogP contribution in [0, 0.1) is 0 Å². The summed E-state index contributed by atoms with van der Waals surface area (Å²) in [6, 6.07) is 8.25. The van der Waals surface area contributed by atoms with Crippen molar-refractivity contribution in [2.24, 2.45) is 5.73 Å². The third-order valence-electron chi connectivity index (χ3n) is 3.66. The first-order valence-electron chi connectivity index (χ1n) is 7.07. The van der Waals surface area contributed by atoms with E-state index in [-0.39, 0.29) is 30.4 Å². The normalized spacial score (nSPS) is 20.4. The lowest BCUT2D eigenvalue weighted by Crippen LogP contribution is -2.47. The SMILES string of the molecule is CC(NC(=O)CN1CCC[C@@H](N)C1)c1ccc(Br)cc1.Cl. The summed E-state index contributed by atoms with van der Waals surface area (Å²) in [5, 5.41) is 3.04. The number of rotatable bonds is 4. The zero-order valence-corrected chi connectivity index (χ0v) is 14.6. The maximum Gasteiger partial charge on any atom is 0.234 e. The van der Waals surface area contributed by atoms with Crippen LogP contribution in [0.15, 0.2) is 28.7 Å². The van der Waals surface area contributed by atoms with Crippen molar-refractivity contribution in [3.8, 4) is 0 Å². The molecule has 1 fully saturated rings. The molecule has 21 heavy (non-hydrogen) atoms. The third kappa shape index (κ3) is 5.94. The second-order valence-electron chi connectivity index (χ2n) is 5.48. The van der Waals surface area contributed by atoms with Crippen LogP contribution in [0.2, 0.25) is 0 Å². The number of nitrogens with two attached hydrogens (primary N) is 1. The molecule has 0 saturated carbocycles. The lowest BCUT2D eigenvalue weighted by atomic mass is 10.1. The van der Waals surface area contributed by atoms with Crippen molar-refractivity contribution < 1.29 is 4.79 Å². The second kappa shape index (κ2) is 8.73. The standard InChI is InChI=1S/C15H22BrN3O.ClH/c1-11(12-4-6-13(16)7-5-12)18-15(20)10-19-8-2-3-14(17)9-19;/h4-7,11,14H,2-3,8-10,17H2,1H3,(H,18,20);1H/t11?,14-;/m1./s1. The Morgan fingerprint density at radius 3 is 2.76 bits per heavy atom. The zero-order valence-electron chi connectivity index (χ0n) is 12.2. The van der Waals surface area contributed by atoms with E-state index in [4.69, 9.17) is 5.73 Å². The Morgan fingerprint density at radius 2 is 2.14 bits per heavy atom. The molecule has 0 bridgehead atoms. The molecular formula is C15H23BrClN3O. The predicted octanol–water partition coefficient (Wildman–Crippen LogP) is 2.47. The largest absolute Gasteiger partial charge is 0.348 e. The Bertz CT molecular complexity index is 455. The fraction of sp³-hybridized carbons (Fsp3) is 0.533. The number of likely N-dealkylation sites (tertiary alicyclic amines) is 1. The summed E-state index contributed by atoms with van der Waals surface area (Å²) in [6.45, 7) is 4.23. The molecule has 1 aromatic carbocycles. The van der Waals surface area contributed by atoms with Gasteiger partial charge >= 0.3 is 0 Å². The van der Waals surface area contributed by atoms with Crippen molar-refractivity contribution in [1.82, 2.24) is 10.2 Å². The molecule has 1 aliphatic heterocycles. The number of hydrogen-bond donors (Lipinski definition) is 2. The quantitative estimate of drug-likeness (QED) is 0.849. The number of nitrogens with zero attached hydrogens (tertiary/aromatic N) is 1. The Balaban J connectivity index is 0.00000220. The third-order valence-corrected chi connectivity index (χ3v) is 4.19. The molecule has 2 rings (SSSR count). The van der Waals surface area contributed by atoms with Crippen molar-refractivity contribution in [2.45, 2.75) is 31.8 Å². The molecule has 1 aromatic rings. The van der Waals surface area contributed by atoms with Crippen LogP contribution in [0.4, 0.5) is 0 Å². The summed E-state index contributed by atoms with van der Waals surface area (Å²) in [6.07, 6.45) is 2.14. The summed E-state index contributed by atoms with van der Waals surface area (Å²) in [4.78, 5) is 14.2. The van der Waals surface area contributed by atoms with Crippen LogP contribution < -0.4 is 11.1 Å². The zero-order chi connectivity index (χ0) is 14.5. The van der Waals surface area contributed by atoms with Gasteiger partial charge in [-0.05, 0) is 44.0 Å². The molecule has 6 heteroatoms. The van der Waals surface area contributed by atoms with Crippen LogP contribution in [0.25, 0.3) is 0 Å². The molecular weight excluding hydrogens is 354 g/mol. The van der Waals surface area contributed by atoms with Gasteiger partial charge in [-0.2, -0.15) is 0 Å². The number of carbonyl (C=O) groups excluding carboxylic acids is 1. The molecule has 4 nitrogen and oxygen atoms in total. The number of amides is 1. The lowest BCUT2D eigenvalue weighted by Gasteiger charge is -2.30. The summed E-state index contributed by atoms with van der Waals surface area (Å²) in [5.41, 5.74) is 7.04. The monoisotopic (exact) mass is 375 g/mol.